The maximum absolute atomic E-state index is 11.7. The molecule has 26 heavy (non-hydrogen) atoms. The summed E-state index contributed by atoms with van der Waals surface area (Å²) in [5, 5.41) is 7.74. The van der Waals surface area contributed by atoms with Crippen molar-refractivity contribution < 1.29 is 47.6 Å². The molecule has 0 aliphatic heterocycles. The Labute approximate surface area is 165 Å². The van der Waals surface area contributed by atoms with Crippen molar-refractivity contribution in [1.82, 2.24) is 5.32 Å². The van der Waals surface area contributed by atoms with E-state index in [-0.39, 0.29) is 31.2 Å². The van der Waals surface area contributed by atoms with Gasteiger partial charge in [0.05, 0.1) is 4.90 Å². The third kappa shape index (κ3) is 10.6. The average Bonchev–Trinajstić information content (AvgIpc) is 3.19. The molecule has 1 amide bonds. The molecule has 0 saturated carbocycles. The van der Waals surface area contributed by atoms with E-state index in [1.54, 1.807) is 36.4 Å². The molecule has 8 nitrogen and oxygen atoms in total. The molecule has 0 spiro atoms. The van der Waals surface area contributed by atoms with Gasteiger partial charge in [-0.15, -0.1) is 0 Å². The molecular weight excluding hydrogens is 534 g/mol. The standard InChI is InChI=1S/C13H13N2O3S.3CO.Re/c14-19(17,18)12-7-5-10(6-8-12)9-15-13(16)11-3-1-2-4-11;3*1-2;/h1-8H,9H2,(H,15,16)(H2,14,17,18);;;;/q-1;;;;. The number of rotatable bonds is 4. The zero-order chi connectivity index (χ0) is 19.9. The van der Waals surface area contributed by atoms with Crippen molar-refractivity contribution in [3.8, 4) is 0 Å². The molecule has 0 unspecified atom stereocenters. The van der Waals surface area contributed by atoms with Crippen LogP contribution in [0.15, 0.2) is 53.4 Å². The van der Waals surface area contributed by atoms with Crippen LogP contribution in [0.2, 0.25) is 0 Å². The van der Waals surface area contributed by atoms with Gasteiger partial charge >= 0.3 is 33.9 Å². The summed E-state index contributed by atoms with van der Waals surface area (Å²) in [7, 11) is -3.67. The Hall–Kier alpha value is -2.17. The second-order valence-electron chi connectivity index (χ2n) is 4.05. The van der Waals surface area contributed by atoms with Crippen LogP contribution in [0.3, 0.4) is 0 Å². The van der Waals surface area contributed by atoms with E-state index in [0.717, 1.165) is 5.56 Å². The monoisotopic (exact) mass is 548 g/mol. The third-order valence-electron chi connectivity index (χ3n) is 2.63. The van der Waals surface area contributed by atoms with Crippen molar-refractivity contribution in [3.63, 3.8) is 0 Å². The zero-order valence-corrected chi connectivity index (χ0v) is 16.7. The first kappa shape index (κ1) is 28.6. The number of carbonyl (C=O) groups is 1. The van der Waals surface area contributed by atoms with Crippen LogP contribution in [-0.4, -0.2) is 14.3 Å². The van der Waals surface area contributed by atoms with Crippen LogP contribution in [0.4, 0.5) is 0 Å². The maximum atomic E-state index is 11.7. The topological polar surface area (TPSA) is 149 Å². The molecule has 2 rings (SSSR count). The summed E-state index contributed by atoms with van der Waals surface area (Å²) < 4.78 is 44.6. The normalized spacial score (nSPS) is 8.42. The summed E-state index contributed by atoms with van der Waals surface area (Å²) in [6.45, 7) is 13.8. The number of hydrogen-bond donors (Lipinski definition) is 2. The van der Waals surface area contributed by atoms with Crippen LogP contribution in [0, 0.1) is 20.0 Å². The summed E-state index contributed by atoms with van der Waals surface area (Å²) >= 11 is 0. The molecular formula is C16H13N2O6ReS-. The van der Waals surface area contributed by atoms with Crippen molar-refractivity contribution in [2.45, 2.75) is 11.4 Å². The number of sulfonamides is 1. The first-order chi connectivity index (χ1) is 12.0. The van der Waals surface area contributed by atoms with E-state index in [4.69, 9.17) is 19.1 Å². The quantitative estimate of drug-likeness (QED) is 0.432. The van der Waals surface area contributed by atoms with Crippen LogP contribution in [0.5, 0.6) is 0 Å². The number of hydrogen-bond acceptors (Lipinski definition) is 3. The van der Waals surface area contributed by atoms with Gasteiger partial charge in [0.1, 0.15) is 0 Å². The minimum absolute atomic E-state index is 0. The molecule has 0 aromatic heterocycles. The van der Waals surface area contributed by atoms with Gasteiger partial charge in [-0.25, -0.2) is 25.7 Å². The van der Waals surface area contributed by atoms with Crippen molar-refractivity contribution in [2.75, 3.05) is 0 Å². The fourth-order valence-corrected chi connectivity index (χ4v) is 2.12. The van der Waals surface area contributed by atoms with Crippen molar-refractivity contribution in [2.24, 2.45) is 5.14 Å². The molecule has 1 radical (unpaired) electrons. The van der Waals surface area contributed by atoms with Gasteiger partial charge in [0.25, 0.3) is 0 Å². The summed E-state index contributed by atoms with van der Waals surface area (Å²) in [6, 6.07) is 13.1. The van der Waals surface area contributed by atoms with Gasteiger partial charge in [-0.2, -0.15) is 12.1 Å². The summed E-state index contributed by atoms with van der Waals surface area (Å²) in [5.41, 5.74) is 1.40. The van der Waals surface area contributed by atoms with E-state index in [1.165, 1.54) is 12.1 Å². The molecule has 0 heterocycles. The summed E-state index contributed by atoms with van der Waals surface area (Å²) in [6.07, 6.45) is 0. The Bertz CT molecular complexity index is 779. The molecule has 3 N–H and O–H groups in total. The van der Waals surface area contributed by atoms with Crippen molar-refractivity contribution >= 4 is 15.9 Å². The predicted octanol–water partition coefficient (Wildman–Crippen LogP) is 0.868. The van der Waals surface area contributed by atoms with Crippen molar-refractivity contribution in [1.29, 1.82) is 0 Å². The molecule has 0 bridgehead atoms. The molecule has 10 heteroatoms. The van der Waals surface area contributed by atoms with Gasteiger partial charge in [0.15, 0.2) is 5.91 Å². The largest absolute Gasteiger partial charge is 0 e. The van der Waals surface area contributed by atoms with E-state index < -0.39 is 10.0 Å². The van der Waals surface area contributed by atoms with Crippen LogP contribution in [-0.2, 0) is 50.9 Å². The number of carbonyl (C=O) groups excluding carboxylic acids is 1. The van der Waals surface area contributed by atoms with Crippen LogP contribution in [0.25, 0.3) is 0 Å². The van der Waals surface area contributed by atoms with Crippen molar-refractivity contribution in [3.05, 3.63) is 79.6 Å². The van der Waals surface area contributed by atoms with Gasteiger partial charge in [0, 0.05) is 27.0 Å². The fourth-order valence-electron chi connectivity index (χ4n) is 1.61. The minimum Gasteiger partial charge on any atom is 0 e. The number of nitrogens with two attached hydrogens (primary N) is 1. The Morgan fingerprint density at radius 3 is 1.81 bits per heavy atom. The van der Waals surface area contributed by atoms with Gasteiger partial charge in [0.2, 0.25) is 10.0 Å². The number of primary sulfonamides is 1. The van der Waals surface area contributed by atoms with E-state index >= 15 is 0 Å². The second kappa shape index (κ2) is 16.3. The molecule has 0 aliphatic rings. The first-order valence-corrected chi connectivity index (χ1v) is 7.74. The Morgan fingerprint density at radius 1 is 1.00 bits per heavy atom. The third-order valence-corrected chi connectivity index (χ3v) is 3.56. The molecule has 137 valence electrons. The molecule has 0 atom stereocenters. The summed E-state index contributed by atoms with van der Waals surface area (Å²) in [5.74, 6) is -0.166. The summed E-state index contributed by atoms with van der Waals surface area (Å²) in [4.78, 5) is 11.7. The molecule has 0 saturated heterocycles. The number of nitrogens with one attached hydrogen (secondary N) is 1. The Balaban J connectivity index is -0.000000686. The van der Waals surface area contributed by atoms with E-state index in [2.05, 4.69) is 25.3 Å². The second-order valence-corrected chi connectivity index (χ2v) is 5.61. The van der Waals surface area contributed by atoms with Gasteiger partial charge < -0.3 is 5.32 Å². The average molecular weight is 548 g/mol. The van der Waals surface area contributed by atoms with Crippen LogP contribution >= 0.6 is 0 Å². The molecule has 2 aromatic carbocycles. The first-order valence-electron chi connectivity index (χ1n) is 6.20. The number of amides is 1. The molecule has 2 aromatic rings. The van der Waals surface area contributed by atoms with Gasteiger partial charge in [-0.3, -0.25) is 4.79 Å². The molecule has 0 fully saturated rings. The minimum atomic E-state index is -3.67. The van der Waals surface area contributed by atoms with Crippen LogP contribution < -0.4 is 10.5 Å². The van der Waals surface area contributed by atoms with E-state index in [0.29, 0.717) is 12.1 Å². The van der Waals surface area contributed by atoms with Crippen LogP contribution in [0.1, 0.15) is 15.9 Å². The number of benzene rings is 1. The maximum Gasteiger partial charge on any atom is 0 e. The zero-order valence-electron chi connectivity index (χ0n) is 13.1. The Kier molecular flexibility index (Phi) is 18.0. The van der Waals surface area contributed by atoms with Gasteiger partial charge in [-0.05, 0) is 17.7 Å². The van der Waals surface area contributed by atoms with E-state index in [1.807, 2.05) is 0 Å². The SMILES string of the molecule is NS(=O)(=O)c1ccc(CNC(=O)[c-]2cccc2)cc1.[C-]#[O+].[C-]#[O+].[C-]#[O+].[Re]. The predicted molar refractivity (Wildman–Crippen MR) is 82.8 cm³/mol. The fraction of sp³-hybridized carbons (Fsp3) is 0.0625. The Morgan fingerprint density at radius 2 is 1.42 bits per heavy atom. The smallest absolute Gasteiger partial charge is 0 e. The van der Waals surface area contributed by atoms with Gasteiger partial charge in [-0.1, -0.05) is 17.7 Å². The molecule has 0 aliphatic carbocycles. The van der Waals surface area contributed by atoms with E-state index in [9.17, 15) is 13.2 Å².